The van der Waals surface area contributed by atoms with E-state index in [-0.39, 0.29) is 23.6 Å². The Bertz CT molecular complexity index is 913. The van der Waals surface area contributed by atoms with Crippen LogP contribution in [0.5, 0.6) is 5.75 Å². The fraction of sp³-hybridized carbons (Fsp3) is 0.217. The molecule has 0 aliphatic carbocycles. The first kappa shape index (κ1) is 18.6. The fourth-order valence-corrected chi connectivity index (χ4v) is 2.88. The normalized spacial score (nSPS) is 11.2. The molecule has 0 bridgehead atoms. The molecule has 4 nitrogen and oxygen atoms in total. The number of benzene rings is 2. The van der Waals surface area contributed by atoms with Crippen LogP contribution in [0.2, 0.25) is 0 Å². The summed E-state index contributed by atoms with van der Waals surface area (Å²) in [4.78, 5) is 19.1. The molecular formula is C23H24N2O2. The lowest BCUT2D eigenvalue weighted by molar-refractivity contribution is 0.0984. The zero-order chi connectivity index (χ0) is 19.4. The van der Waals surface area contributed by atoms with Crippen molar-refractivity contribution in [2.45, 2.75) is 32.7 Å². The van der Waals surface area contributed by atoms with Gasteiger partial charge in [-0.1, -0.05) is 51.1 Å². The van der Waals surface area contributed by atoms with Crippen molar-refractivity contribution in [1.82, 2.24) is 4.98 Å². The van der Waals surface area contributed by atoms with Crippen molar-refractivity contribution < 1.29 is 9.90 Å². The maximum atomic E-state index is 13.2. The molecule has 3 rings (SSSR count). The standard InChI is InChI=1S/C23H24N2O2/c1-23(2,3)18-13-11-17(12-14-18)22(27)25(16-19-8-6-7-15-24-19)20-9-4-5-10-21(20)26/h4-15,26H,16H2,1-3H3. The number of para-hydroxylation sites is 2. The van der Waals surface area contributed by atoms with Gasteiger partial charge in [0.1, 0.15) is 5.75 Å². The van der Waals surface area contributed by atoms with Crippen LogP contribution in [-0.4, -0.2) is 16.0 Å². The van der Waals surface area contributed by atoms with Gasteiger partial charge in [-0.3, -0.25) is 14.7 Å². The molecule has 1 amide bonds. The lowest BCUT2D eigenvalue weighted by Gasteiger charge is -2.24. The average molecular weight is 360 g/mol. The van der Waals surface area contributed by atoms with E-state index in [0.717, 1.165) is 11.3 Å². The molecule has 0 saturated heterocycles. The van der Waals surface area contributed by atoms with Gasteiger partial charge in [-0.15, -0.1) is 0 Å². The van der Waals surface area contributed by atoms with Crippen LogP contribution in [-0.2, 0) is 12.0 Å². The smallest absolute Gasteiger partial charge is 0.258 e. The van der Waals surface area contributed by atoms with E-state index < -0.39 is 0 Å². The van der Waals surface area contributed by atoms with E-state index in [1.165, 1.54) is 0 Å². The molecule has 1 N–H and O–H groups in total. The monoisotopic (exact) mass is 360 g/mol. The lowest BCUT2D eigenvalue weighted by atomic mass is 9.86. The highest BCUT2D eigenvalue weighted by Crippen LogP contribution is 2.30. The number of carbonyl (C=O) groups is 1. The summed E-state index contributed by atoms with van der Waals surface area (Å²) in [5, 5.41) is 10.3. The lowest BCUT2D eigenvalue weighted by Crippen LogP contribution is -2.31. The summed E-state index contributed by atoms with van der Waals surface area (Å²) in [5.41, 5.74) is 2.97. The number of nitrogens with zero attached hydrogens (tertiary/aromatic N) is 2. The number of rotatable bonds is 4. The molecule has 0 unspecified atom stereocenters. The Labute approximate surface area is 160 Å². The maximum Gasteiger partial charge on any atom is 0.258 e. The highest BCUT2D eigenvalue weighted by Gasteiger charge is 2.22. The minimum Gasteiger partial charge on any atom is -0.506 e. The number of pyridine rings is 1. The van der Waals surface area contributed by atoms with E-state index >= 15 is 0 Å². The van der Waals surface area contributed by atoms with E-state index in [2.05, 4.69) is 25.8 Å². The number of hydrogen-bond acceptors (Lipinski definition) is 3. The van der Waals surface area contributed by atoms with Crippen LogP contribution in [0.25, 0.3) is 0 Å². The molecule has 1 aromatic heterocycles. The van der Waals surface area contributed by atoms with Gasteiger partial charge < -0.3 is 5.11 Å². The van der Waals surface area contributed by atoms with E-state index in [0.29, 0.717) is 11.3 Å². The summed E-state index contributed by atoms with van der Waals surface area (Å²) in [7, 11) is 0. The van der Waals surface area contributed by atoms with Gasteiger partial charge >= 0.3 is 0 Å². The molecule has 0 fully saturated rings. The molecule has 27 heavy (non-hydrogen) atoms. The Morgan fingerprint density at radius 1 is 0.963 bits per heavy atom. The Morgan fingerprint density at radius 3 is 2.22 bits per heavy atom. The molecule has 0 aliphatic heterocycles. The Hall–Kier alpha value is -3.14. The van der Waals surface area contributed by atoms with Crippen LogP contribution in [0.1, 0.15) is 42.4 Å². The topological polar surface area (TPSA) is 53.4 Å². The highest BCUT2D eigenvalue weighted by molar-refractivity contribution is 6.06. The Kier molecular flexibility index (Phi) is 5.26. The van der Waals surface area contributed by atoms with Gasteiger partial charge in [-0.05, 0) is 47.4 Å². The first-order valence-electron chi connectivity index (χ1n) is 8.96. The van der Waals surface area contributed by atoms with Crippen molar-refractivity contribution in [3.05, 3.63) is 89.7 Å². The first-order valence-corrected chi connectivity index (χ1v) is 8.96. The largest absolute Gasteiger partial charge is 0.506 e. The summed E-state index contributed by atoms with van der Waals surface area (Å²) in [6, 6.07) is 20.1. The molecular weight excluding hydrogens is 336 g/mol. The van der Waals surface area contributed by atoms with Crippen LogP contribution >= 0.6 is 0 Å². The molecule has 0 aliphatic rings. The number of hydrogen-bond donors (Lipinski definition) is 1. The number of anilines is 1. The van der Waals surface area contributed by atoms with Gasteiger partial charge in [0.25, 0.3) is 5.91 Å². The van der Waals surface area contributed by atoms with Gasteiger partial charge in [0.2, 0.25) is 0 Å². The minimum absolute atomic E-state index is 0.0208. The van der Waals surface area contributed by atoms with Gasteiger partial charge in [-0.25, -0.2) is 0 Å². The third-order valence-electron chi connectivity index (χ3n) is 4.46. The third kappa shape index (κ3) is 4.34. The fourth-order valence-electron chi connectivity index (χ4n) is 2.88. The van der Waals surface area contributed by atoms with Crippen LogP contribution < -0.4 is 4.90 Å². The minimum atomic E-state index is -0.178. The van der Waals surface area contributed by atoms with Crippen LogP contribution in [0.15, 0.2) is 72.9 Å². The second-order valence-corrected chi connectivity index (χ2v) is 7.53. The number of amides is 1. The van der Waals surface area contributed by atoms with Crippen molar-refractivity contribution >= 4 is 11.6 Å². The van der Waals surface area contributed by atoms with E-state index in [1.54, 1.807) is 35.4 Å². The summed E-state index contributed by atoms with van der Waals surface area (Å²) in [5.74, 6) is -0.115. The summed E-state index contributed by atoms with van der Waals surface area (Å²) < 4.78 is 0. The van der Waals surface area contributed by atoms with Crippen LogP contribution in [0, 0.1) is 0 Å². The van der Waals surface area contributed by atoms with Crippen LogP contribution in [0.4, 0.5) is 5.69 Å². The van der Waals surface area contributed by atoms with E-state index in [1.807, 2.05) is 42.5 Å². The second kappa shape index (κ2) is 7.62. The van der Waals surface area contributed by atoms with Gasteiger partial charge in [0.05, 0.1) is 17.9 Å². The molecule has 0 saturated carbocycles. The van der Waals surface area contributed by atoms with Crippen molar-refractivity contribution in [2.24, 2.45) is 0 Å². The first-order chi connectivity index (χ1) is 12.9. The number of phenols is 1. The van der Waals surface area contributed by atoms with Crippen LogP contribution in [0.3, 0.4) is 0 Å². The number of aromatic nitrogens is 1. The molecule has 2 aromatic carbocycles. The molecule has 3 aromatic rings. The molecule has 0 atom stereocenters. The Balaban J connectivity index is 1.97. The third-order valence-corrected chi connectivity index (χ3v) is 4.46. The molecule has 0 radical (unpaired) electrons. The summed E-state index contributed by atoms with van der Waals surface area (Å²) >= 11 is 0. The average Bonchev–Trinajstić information content (AvgIpc) is 2.66. The van der Waals surface area contributed by atoms with Crippen molar-refractivity contribution in [3.63, 3.8) is 0 Å². The SMILES string of the molecule is CC(C)(C)c1ccc(C(=O)N(Cc2ccccn2)c2ccccc2O)cc1. The molecule has 4 heteroatoms. The number of aromatic hydroxyl groups is 1. The van der Waals surface area contributed by atoms with Gasteiger partial charge in [-0.2, -0.15) is 0 Å². The van der Waals surface area contributed by atoms with Gasteiger partial charge in [0, 0.05) is 11.8 Å². The van der Waals surface area contributed by atoms with E-state index in [9.17, 15) is 9.90 Å². The number of carbonyl (C=O) groups excluding carboxylic acids is 1. The van der Waals surface area contributed by atoms with E-state index in [4.69, 9.17) is 0 Å². The summed E-state index contributed by atoms with van der Waals surface area (Å²) in [6.07, 6.45) is 1.70. The van der Waals surface area contributed by atoms with Crippen molar-refractivity contribution in [2.75, 3.05) is 4.90 Å². The molecule has 1 heterocycles. The number of phenolic OH excluding ortho intramolecular Hbond substituents is 1. The maximum absolute atomic E-state index is 13.2. The molecule has 0 spiro atoms. The zero-order valence-electron chi connectivity index (χ0n) is 15.9. The molecule has 138 valence electrons. The highest BCUT2D eigenvalue weighted by atomic mass is 16.3. The predicted octanol–water partition coefficient (Wildman–Crippen LogP) is 4.93. The van der Waals surface area contributed by atoms with Crippen molar-refractivity contribution in [3.8, 4) is 5.75 Å². The van der Waals surface area contributed by atoms with Gasteiger partial charge in [0.15, 0.2) is 0 Å². The predicted molar refractivity (Wildman–Crippen MR) is 108 cm³/mol. The quantitative estimate of drug-likeness (QED) is 0.717. The zero-order valence-corrected chi connectivity index (χ0v) is 15.9. The van der Waals surface area contributed by atoms with Crippen molar-refractivity contribution in [1.29, 1.82) is 0 Å². The second-order valence-electron chi connectivity index (χ2n) is 7.53. The summed E-state index contributed by atoms with van der Waals surface area (Å²) in [6.45, 7) is 6.69. The Morgan fingerprint density at radius 2 is 1.63 bits per heavy atom.